The largest absolute Gasteiger partial charge is 0.329 e. The van der Waals surface area contributed by atoms with E-state index in [4.69, 9.17) is 5.73 Å². The molecule has 1 fully saturated rings. The van der Waals surface area contributed by atoms with Gasteiger partial charge in [0, 0.05) is 25.7 Å². The molecule has 1 atom stereocenters. The fraction of sp³-hybridized carbons (Fsp3) is 0.455. The maximum absolute atomic E-state index is 5.64. The van der Waals surface area contributed by atoms with Crippen molar-refractivity contribution in [3.8, 4) is 0 Å². The molecule has 0 spiro atoms. The number of nitrogens with two attached hydrogens (primary N) is 1. The molecular weight excluding hydrogens is 231 g/mol. The molecule has 0 radical (unpaired) electrons. The summed E-state index contributed by atoms with van der Waals surface area (Å²) in [6.07, 6.45) is 1.27. The van der Waals surface area contributed by atoms with Crippen molar-refractivity contribution < 1.29 is 0 Å². The first-order chi connectivity index (χ1) is 6.40. The summed E-state index contributed by atoms with van der Waals surface area (Å²) >= 11 is 0. The smallest absolute Gasteiger partial charge is 0.0237 e. The molecule has 2 rings (SSSR count). The van der Waals surface area contributed by atoms with Crippen LogP contribution in [0.3, 0.4) is 0 Å². The summed E-state index contributed by atoms with van der Waals surface area (Å²) < 4.78 is 0. The van der Waals surface area contributed by atoms with E-state index in [1.807, 2.05) is 0 Å². The fourth-order valence-corrected chi connectivity index (χ4v) is 1.79. The number of likely N-dealkylation sites (tertiary alicyclic amines) is 1. The van der Waals surface area contributed by atoms with Crippen LogP contribution in [0.4, 0.5) is 0 Å². The van der Waals surface area contributed by atoms with E-state index in [-0.39, 0.29) is 24.8 Å². The van der Waals surface area contributed by atoms with Gasteiger partial charge < -0.3 is 5.73 Å². The Labute approximate surface area is 104 Å². The van der Waals surface area contributed by atoms with Crippen LogP contribution in [0.25, 0.3) is 0 Å². The summed E-state index contributed by atoms with van der Waals surface area (Å²) in [6.45, 7) is 3.06. The monoisotopic (exact) mass is 248 g/mol. The molecule has 15 heavy (non-hydrogen) atoms. The molecule has 1 aromatic carbocycles. The van der Waals surface area contributed by atoms with Crippen molar-refractivity contribution in [1.82, 2.24) is 4.90 Å². The van der Waals surface area contributed by atoms with Crippen molar-refractivity contribution in [2.75, 3.05) is 13.1 Å². The van der Waals surface area contributed by atoms with Crippen LogP contribution in [-0.4, -0.2) is 24.0 Å². The third kappa shape index (κ3) is 3.65. The van der Waals surface area contributed by atoms with Crippen molar-refractivity contribution >= 4 is 24.8 Å². The summed E-state index contributed by atoms with van der Waals surface area (Å²) in [5.41, 5.74) is 7.03. The van der Waals surface area contributed by atoms with Gasteiger partial charge in [-0.1, -0.05) is 30.3 Å². The molecule has 1 aliphatic heterocycles. The van der Waals surface area contributed by atoms with E-state index in [1.54, 1.807) is 0 Å². The zero-order valence-electron chi connectivity index (χ0n) is 8.63. The predicted octanol–water partition coefficient (Wildman–Crippen LogP) is 2.06. The van der Waals surface area contributed by atoms with E-state index in [0.717, 1.165) is 13.1 Å². The van der Waals surface area contributed by atoms with Crippen LogP contribution in [0.1, 0.15) is 12.0 Å². The second kappa shape index (κ2) is 7.07. The number of rotatable bonds is 3. The number of hydrogen-bond donors (Lipinski definition) is 1. The van der Waals surface area contributed by atoms with E-state index >= 15 is 0 Å². The maximum Gasteiger partial charge on any atom is 0.0237 e. The molecule has 1 saturated heterocycles. The van der Waals surface area contributed by atoms with Crippen LogP contribution in [0.2, 0.25) is 0 Å². The predicted molar refractivity (Wildman–Crippen MR) is 68.8 cm³/mol. The molecular formula is C11H18Cl2N2. The minimum atomic E-state index is 0. The lowest BCUT2D eigenvalue weighted by Gasteiger charge is -2.40. The Kier molecular flexibility index (Phi) is 6.94. The lowest BCUT2D eigenvalue weighted by molar-refractivity contribution is 0.0882. The van der Waals surface area contributed by atoms with Crippen LogP contribution in [0, 0.1) is 0 Å². The van der Waals surface area contributed by atoms with Crippen molar-refractivity contribution in [2.45, 2.75) is 19.0 Å². The van der Waals surface area contributed by atoms with Crippen LogP contribution in [-0.2, 0) is 6.54 Å². The normalized spacial score (nSPS) is 19.7. The Bertz CT molecular complexity index is 265. The standard InChI is InChI=1S/C11H16N2.2ClH/c12-8-11-6-7-13(11)9-10-4-2-1-3-5-10;;/h1-5,11H,6-9,12H2;2*1H. The van der Waals surface area contributed by atoms with E-state index in [0.29, 0.717) is 6.04 Å². The molecule has 2 nitrogen and oxygen atoms in total. The second-order valence-electron chi connectivity index (χ2n) is 3.63. The molecule has 4 heteroatoms. The van der Waals surface area contributed by atoms with Gasteiger partial charge in [0.25, 0.3) is 0 Å². The molecule has 0 aromatic heterocycles. The van der Waals surface area contributed by atoms with Gasteiger partial charge in [0.1, 0.15) is 0 Å². The van der Waals surface area contributed by atoms with Gasteiger partial charge in [-0.2, -0.15) is 0 Å². The minimum Gasteiger partial charge on any atom is -0.329 e. The summed E-state index contributed by atoms with van der Waals surface area (Å²) in [5, 5.41) is 0. The Morgan fingerprint density at radius 1 is 1.20 bits per heavy atom. The lowest BCUT2D eigenvalue weighted by atomic mass is 10.0. The first-order valence-electron chi connectivity index (χ1n) is 4.88. The zero-order chi connectivity index (χ0) is 9.10. The molecule has 2 N–H and O–H groups in total. The Hall–Kier alpha value is -0.280. The zero-order valence-corrected chi connectivity index (χ0v) is 10.3. The van der Waals surface area contributed by atoms with Crippen LogP contribution in [0.5, 0.6) is 0 Å². The summed E-state index contributed by atoms with van der Waals surface area (Å²) in [5.74, 6) is 0. The fourth-order valence-electron chi connectivity index (χ4n) is 1.79. The van der Waals surface area contributed by atoms with Crippen molar-refractivity contribution in [2.24, 2.45) is 5.73 Å². The number of hydrogen-bond acceptors (Lipinski definition) is 2. The first kappa shape index (κ1) is 14.7. The summed E-state index contributed by atoms with van der Waals surface area (Å²) in [6, 6.07) is 11.2. The van der Waals surface area contributed by atoms with Crippen LogP contribution >= 0.6 is 24.8 Å². The van der Waals surface area contributed by atoms with E-state index in [1.165, 1.54) is 18.5 Å². The average Bonchev–Trinajstić information content (AvgIpc) is 2.15. The molecule has 1 heterocycles. The Morgan fingerprint density at radius 3 is 2.33 bits per heavy atom. The Balaban J connectivity index is 0.000000980. The molecule has 86 valence electrons. The molecule has 1 unspecified atom stereocenters. The van der Waals surface area contributed by atoms with Gasteiger partial charge in [-0.25, -0.2) is 0 Å². The SMILES string of the molecule is Cl.Cl.NCC1CCN1Cc1ccccc1. The lowest BCUT2D eigenvalue weighted by Crippen LogP contribution is -2.50. The molecule has 1 aromatic rings. The highest BCUT2D eigenvalue weighted by molar-refractivity contribution is 5.85. The highest BCUT2D eigenvalue weighted by atomic mass is 35.5. The van der Waals surface area contributed by atoms with Crippen molar-refractivity contribution in [3.05, 3.63) is 35.9 Å². The Morgan fingerprint density at radius 2 is 1.87 bits per heavy atom. The highest BCUT2D eigenvalue weighted by Crippen LogP contribution is 2.18. The first-order valence-corrected chi connectivity index (χ1v) is 4.88. The van der Waals surface area contributed by atoms with Gasteiger partial charge >= 0.3 is 0 Å². The van der Waals surface area contributed by atoms with Gasteiger partial charge in [0.05, 0.1) is 0 Å². The number of halogens is 2. The maximum atomic E-state index is 5.64. The van der Waals surface area contributed by atoms with E-state index in [2.05, 4.69) is 35.2 Å². The second-order valence-corrected chi connectivity index (χ2v) is 3.63. The van der Waals surface area contributed by atoms with E-state index < -0.39 is 0 Å². The number of benzene rings is 1. The van der Waals surface area contributed by atoms with Crippen LogP contribution < -0.4 is 5.73 Å². The quantitative estimate of drug-likeness (QED) is 0.888. The van der Waals surface area contributed by atoms with Crippen molar-refractivity contribution in [3.63, 3.8) is 0 Å². The van der Waals surface area contributed by atoms with Gasteiger partial charge in [-0.15, -0.1) is 24.8 Å². The molecule has 0 bridgehead atoms. The molecule has 0 aliphatic carbocycles. The van der Waals surface area contributed by atoms with Crippen LogP contribution in [0.15, 0.2) is 30.3 Å². The molecule has 1 aliphatic rings. The van der Waals surface area contributed by atoms with Gasteiger partial charge in [0.2, 0.25) is 0 Å². The molecule has 0 amide bonds. The topological polar surface area (TPSA) is 29.3 Å². The third-order valence-electron chi connectivity index (χ3n) is 2.77. The summed E-state index contributed by atoms with van der Waals surface area (Å²) in [7, 11) is 0. The van der Waals surface area contributed by atoms with Gasteiger partial charge in [-0.3, -0.25) is 4.90 Å². The average molecular weight is 249 g/mol. The summed E-state index contributed by atoms with van der Waals surface area (Å²) in [4.78, 5) is 2.44. The van der Waals surface area contributed by atoms with Gasteiger partial charge in [-0.05, 0) is 12.0 Å². The minimum absolute atomic E-state index is 0. The van der Waals surface area contributed by atoms with Crippen molar-refractivity contribution in [1.29, 1.82) is 0 Å². The highest BCUT2D eigenvalue weighted by Gasteiger charge is 2.25. The molecule has 0 saturated carbocycles. The third-order valence-corrected chi connectivity index (χ3v) is 2.77. The van der Waals surface area contributed by atoms with E-state index in [9.17, 15) is 0 Å². The van der Waals surface area contributed by atoms with Gasteiger partial charge in [0.15, 0.2) is 0 Å². The number of nitrogens with zero attached hydrogens (tertiary/aromatic N) is 1.